The monoisotopic (exact) mass is 415 g/mol. The summed E-state index contributed by atoms with van der Waals surface area (Å²) in [5.41, 5.74) is 3.71. The second-order valence-corrected chi connectivity index (χ2v) is 7.32. The molecule has 0 aromatic heterocycles. The first-order valence-corrected chi connectivity index (χ1v) is 9.91. The van der Waals surface area contributed by atoms with Crippen LogP contribution in [0.4, 0.5) is 0 Å². The average molecular weight is 415 g/mol. The maximum Gasteiger partial charge on any atom is 0.349 e. The minimum atomic E-state index is -1.20. The number of aliphatic carboxylic acids is 1. The molecule has 1 heterocycles. The van der Waals surface area contributed by atoms with Crippen LogP contribution in [0.1, 0.15) is 33.9 Å². The highest BCUT2D eigenvalue weighted by Crippen LogP contribution is 2.33. The third kappa shape index (κ3) is 4.46. The molecular weight excluding hydrogens is 394 g/mol. The van der Waals surface area contributed by atoms with Gasteiger partial charge in [0, 0.05) is 5.56 Å². The Morgan fingerprint density at radius 3 is 2.52 bits per heavy atom. The number of ether oxygens (including phenoxy) is 3. The topological polar surface area (TPSA) is 88.8 Å². The normalized spacial score (nSPS) is 12.8. The molecule has 3 aromatic rings. The molecule has 1 aliphatic heterocycles. The summed E-state index contributed by atoms with van der Waals surface area (Å²) in [5.74, 6) is 0.642. The molecule has 0 bridgehead atoms. The summed E-state index contributed by atoms with van der Waals surface area (Å²) in [6.45, 7) is 2.07. The molecule has 1 atom stereocenters. The third-order valence-corrected chi connectivity index (χ3v) is 5.25. The predicted molar refractivity (Wildman–Crippen MR) is 113 cm³/mol. The van der Waals surface area contributed by atoms with Gasteiger partial charge in [-0.05, 0) is 60.7 Å². The molecule has 0 amide bonds. The summed E-state index contributed by atoms with van der Waals surface area (Å²) in [5, 5.41) is 19.2. The standard InChI is InChI=1S/C25H21NO5/c1-16-4-2-3-5-20(16)24(25(27)28)31-22-12-17(8-10-19(22)14-26)6-7-18-9-11-21-23(13-18)30-15-29-21/h2-5,8-13,24H,6-7,15H2,1H3,(H,27,28). The Hall–Kier alpha value is -3.98. The Kier molecular flexibility index (Phi) is 5.76. The fourth-order valence-corrected chi connectivity index (χ4v) is 3.55. The van der Waals surface area contributed by atoms with Gasteiger partial charge in [0.25, 0.3) is 0 Å². The lowest BCUT2D eigenvalue weighted by Gasteiger charge is -2.18. The molecule has 3 aromatic carbocycles. The van der Waals surface area contributed by atoms with Gasteiger partial charge in [-0.2, -0.15) is 5.26 Å². The highest BCUT2D eigenvalue weighted by atomic mass is 16.7. The SMILES string of the molecule is Cc1ccccc1C(Oc1cc(CCc2ccc3c(c2)OCO3)ccc1C#N)C(=O)O. The molecule has 1 N–H and O–H groups in total. The second kappa shape index (κ2) is 8.80. The Bertz CT molecular complexity index is 1160. The highest BCUT2D eigenvalue weighted by molar-refractivity contribution is 5.75. The van der Waals surface area contributed by atoms with Crippen molar-refractivity contribution in [1.82, 2.24) is 0 Å². The van der Waals surface area contributed by atoms with Crippen LogP contribution in [0.15, 0.2) is 60.7 Å². The first-order valence-electron chi connectivity index (χ1n) is 9.91. The van der Waals surface area contributed by atoms with Crippen LogP contribution in [0, 0.1) is 18.3 Å². The molecular formula is C25H21NO5. The van der Waals surface area contributed by atoms with Crippen LogP contribution < -0.4 is 14.2 Å². The van der Waals surface area contributed by atoms with E-state index < -0.39 is 12.1 Å². The number of hydrogen-bond acceptors (Lipinski definition) is 5. The van der Waals surface area contributed by atoms with Gasteiger partial charge in [-0.3, -0.25) is 0 Å². The van der Waals surface area contributed by atoms with Crippen molar-refractivity contribution >= 4 is 5.97 Å². The largest absolute Gasteiger partial charge is 0.478 e. The minimum Gasteiger partial charge on any atom is -0.478 e. The van der Waals surface area contributed by atoms with Crippen molar-refractivity contribution < 1.29 is 24.1 Å². The van der Waals surface area contributed by atoms with Crippen LogP contribution in [-0.2, 0) is 17.6 Å². The number of aryl methyl sites for hydroxylation is 3. The number of carboxylic acid groups (broad SMARTS) is 1. The molecule has 6 heteroatoms. The third-order valence-electron chi connectivity index (χ3n) is 5.25. The van der Waals surface area contributed by atoms with Crippen LogP contribution in [0.3, 0.4) is 0 Å². The lowest BCUT2D eigenvalue weighted by molar-refractivity contribution is -0.145. The number of hydrogen-bond donors (Lipinski definition) is 1. The van der Waals surface area contributed by atoms with E-state index in [1.807, 2.05) is 43.3 Å². The quantitative estimate of drug-likeness (QED) is 0.607. The van der Waals surface area contributed by atoms with Gasteiger partial charge in [-0.25, -0.2) is 4.79 Å². The number of carbonyl (C=O) groups is 1. The summed E-state index contributed by atoms with van der Waals surface area (Å²) in [7, 11) is 0. The van der Waals surface area contributed by atoms with Gasteiger partial charge in [0.15, 0.2) is 11.5 Å². The maximum absolute atomic E-state index is 11.9. The maximum atomic E-state index is 11.9. The fourth-order valence-electron chi connectivity index (χ4n) is 3.55. The molecule has 0 saturated carbocycles. The van der Waals surface area contributed by atoms with Crippen LogP contribution in [0.25, 0.3) is 0 Å². The number of rotatable bonds is 7. The van der Waals surface area contributed by atoms with E-state index in [1.54, 1.807) is 24.3 Å². The van der Waals surface area contributed by atoms with Gasteiger partial charge in [0.05, 0.1) is 5.56 Å². The molecule has 1 aliphatic rings. The number of carboxylic acids is 1. The summed E-state index contributed by atoms with van der Waals surface area (Å²) in [6, 6.07) is 20.4. The van der Waals surface area contributed by atoms with Crippen molar-refractivity contribution in [2.45, 2.75) is 25.9 Å². The lowest BCUT2D eigenvalue weighted by Crippen LogP contribution is -2.19. The van der Waals surface area contributed by atoms with Crippen molar-refractivity contribution in [3.8, 4) is 23.3 Å². The number of nitriles is 1. The molecule has 0 fully saturated rings. The summed E-state index contributed by atoms with van der Waals surface area (Å²) in [6.07, 6.45) is 0.254. The number of nitrogens with zero attached hydrogens (tertiary/aromatic N) is 1. The minimum absolute atomic E-state index is 0.237. The molecule has 0 aliphatic carbocycles. The van der Waals surface area contributed by atoms with Crippen molar-refractivity contribution in [2.24, 2.45) is 0 Å². The van der Waals surface area contributed by atoms with Crippen LogP contribution in [-0.4, -0.2) is 17.9 Å². The van der Waals surface area contributed by atoms with E-state index in [4.69, 9.17) is 14.2 Å². The Balaban J connectivity index is 1.55. The Morgan fingerprint density at radius 1 is 1.06 bits per heavy atom. The Morgan fingerprint density at radius 2 is 1.77 bits per heavy atom. The van der Waals surface area contributed by atoms with Gasteiger partial charge < -0.3 is 19.3 Å². The molecule has 0 spiro atoms. The zero-order chi connectivity index (χ0) is 21.8. The highest BCUT2D eigenvalue weighted by Gasteiger charge is 2.25. The predicted octanol–water partition coefficient (Wildman–Crippen LogP) is 4.59. The van der Waals surface area contributed by atoms with E-state index in [2.05, 4.69) is 6.07 Å². The molecule has 4 rings (SSSR count). The molecule has 0 radical (unpaired) electrons. The summed E-state index contributed by atoms with van der Waals surface area (Å²) >= 11 is 0. The van der Waals surface area contributed by atoms with E-state index >= 15 is 0 Å². The van der Waals surface area contributed by atoms with Gasteiger partial charge >= 0.3 is 5.97 Å². The van der Waals surface area contributed by atoms with E-state index in [1.165, 1.54) is 0 Å². The zero-order valence-electron chi connectivity index (χ0n) is 17.0. The van der Waals surface area contributed by atoms with Gasteiger partial charge in [-0.1, -0.05) is 36.4 Å². The smallest absolute Gasteiger partial charge is 0.349 e. The molecule has 31 heavy (non-hydrogen) atoms. The average Bonchev–Trinajstić information content (AvgIpc) is 3.24. The van der Waals surface area contributed by atoms with E-state index in [0.29, 0.717) is 17.5 Å². The van der Waals surface area contributed by atoms with Crippen molar-refractivity contribution in [3.05, 3.63) is 88.5 Å². The lowest BCUT2D eigenvalue weighted by atomic mass is 10.0. The van der Waals surface area contributed by atoms with E-state index in [-0.39, 0.29) is 12.5 Å². The fraction of sp³-hybridized carbons (Fsp3) is 0.200. The van der Waals surface area contributed by atoms with E-state index in [0.717, 1.165) is 34.6 Å². The van der Waals surface area contributed by atoms with Crippen molar-refractivity contribution in [3.63, 3.8) is 0 Å². The molecule has 6 nitrogen and oxygen atoms in total. The van der Waals surface area contributed by atoms with Gasteiger partial charge in [0.1, 0.15) is 11.8 Å². The molecule has 1 unspecified atom stereocenters. The van der Waals surface area contributed by atoms with Crippen LogP contribution >= 0.6 is 0 Å². The second-order valence-electron chi connectivity index (χ2n) is 7.32. The molecule has 156 valence electrons. The summed E-state index contributed by atoms with van der Waals surface area (Å²) in [4.78, 5) is 11.9. The van der Waals surface area contributed by atoms with Crippen molar-refractivity contribution in [2.75, 3.05) is 6.79 Å². The van der Waals surface area contributed by atoms with E-state index in [9.17, 15) is 15.2 Å². The zero-order valence-corrected chi connectivity index (χ0v) is 17.0. The van der Waals surface area contributed by atoms with Crippen LogP contribution in [0.5, 0.6) is 17.2 Å². The van der Waals surface area contributed by atoms with Crippen LogP contribution in [0.2, 0.25) is 0 Å². The first kappa shape index (κ1) is 20.3. The Labute approximate surface area is 180 Å². The van der Waals surface area contributed by atoms with Gasteiger partial charge in [-0.15, -0.1) is 0 Å². The van der Waals surface area contributed by atoms with Gasteiger partial charge in [0.2, 0.25) is 12.9 Å². The first-order chi connectivity index (χ1) is 15.0. The van der Waals surface area contributed by atoms with Crippen molar-refractivity contribution in [1.29, 1.82) is 5.26 Å². The number of benzene rings is 3. The summed E-state index contributed by atoms with van der Waals surface area (Å²) < 4.78 is 16.6. The molecule has 0 saturated heterocycles. The number of fused-ring (bicyclic) bond motifs is 1.